The summed E-state index contributed by atoms with van der Waals surface area (Å²) < 4.78 is 0. The van der Waals surface area contributed by atoms with Crippen LogP contribution in [0.3, 0.4) is 0 Å². The lowest BCUT2D eigenvalue weighted by atomic mass is 10.1. The molecule has 0 aliphatic heterocycles. The second kappa shape index (κ2) is 3.33. The van der Waals surface area contributed by atoms with Crippen molar-refractivity contribution in [2.45, 2.75) is 6.92 Å². The Morgan fingerprint density at radius 3 is 2.50 bits per heavy atom. The van der Waals surface area contributed by atoms with E-state index >= 15 is 0 Å². The van der Waals surface area contributed by atoms with Gasteiger partial charge >= 0.3 is 0 Å². The fourth-order valence-electron chi connectivity index (χ4n) is 0.831. The Morgan fingerprint density at radius 2 is 2.00 bits per heavy atom. The van der Waals surface area contributed by atoms with E-state index in [-0.39, 0.29) is 27.1 Å². The molecular weight excluding hydrogens is 199 g/mol. The fraction of sp³-hybridized carbons (Fsp3) is 0.125. The molecule has 0 saturated carbocycles. The highest BCUT2D eigenvalue weighted by Gasteiger charge is 2.10. The molecule has 0 bridgehead atoms. The number of benzene rings is 1. The van der Waals surface area contributed by atoms with E-state index < -0.39 is 0 Å². The van der Waals surface area contributed by atoms with Crippen LogP contribution in [0.25, 0.3) is 0 Å². The predicted octanol–water partition coefficient (Wildman–Crippen LogP) is 2.90. The summed E-state index contributed by atoms with van der Waals surface area (Å²) in [5.74, 6) is -0.285. The number of ketones is 1. The first kappa shape index (κ1) is 9.36. The number of halogens is 2. The maximum Gasteiger partial charge on any atom is 0.161 e. The Morgan fingerprint density at radius 1 is 1.42 bits per heavy atom. The maximum atomic E-state index is 10.9. The topological polar surface area (TPSA) is 37.3 Å². The van der Waals surface area contributed by atoms with E-state index in [1.54, 1.807) is 0 Å². The molecule has 0 spiro atoms. The minimum absolute atomic E-state index is 0.0606. The summed E-state index contributed by atoms with van der Waals surface area (Å²) in [5, 5.41) is 9.44. The molecule has 0 heterocycles. The van der Waals surface area contributed by atoms with Crippen LogP contribution in [0.1, 0.15) is 17.3 Å². The Balaban J connectivity index is 3.37. The van der Waals surface area contributed by atoms with E-state index in [4.69, 9.17) is 28.3 Å². The number of hydrogen-bond acceptors (Lipinski definition) is 2. The summed E-state index contributed by atoms with van der Waals surface area (Å²) in [6, 6.07) is 2.58. The normalized spacial score (nSPS) is 9.92. The zero-order valence-corrected chi connectivity index (χ0v) is 7.78. The molecule has 0 fully saturated rings. The smallest absolute Gasteiger partial charge is 0.161 e. The van der Waals surface area contributed by atoms with Gasteiger partial charge in [0.15, 0.2) is 5.78 Å². The maximum absolute atomic E-state index is 10.9. The van der Waals surface area contributed by atoms with Crippen LogP contribution in [-0.4, -0.2) is 10.9 Å². The largest absolute Gasteiger partial charge is 0.508 e. The van der Waals surface area contributed by atoms with Crippen molar-refractivity contribution in [2.75, 3.05) is 0 Å². The van der Waals surface area contributed by atoms with Crippen LogP contribution in [0.4, 0.5) is 0 Å². The molecule has 0 aliphatic carbocycles. The van der Waals surface area contributed by atoms with Crippen LogP contribution in [0.15, 0.2) is 12.1 Å². The van der Waals surface area contributed by atoms with E-state index in [9.17, 15) is 4.79 Å². The van der Waals surface area contributed by atoms with Crippen LogP contribution in [0, 0.1) is 0 Å². The number of aromatic hydroxyl groups is 1. The van der Waals surface area contributed by atoms with Gasteiger partial charge in [-0.3, -0.25) is 4.79 Å². The van der Waals surface area contributed by atoms with Gasteiger partial charge in [-0.15, -0.1) is 0 Å². The number of rotatable bonds is 1. The van der Waals surface area contributed by atoms with Crippen LogP contribution < -0.4 is 0 Å². The Labute approximate surface area is 79.7 Å². The molecule has 0 saturated heterocycles. The fourth-order valence-corrected chi connectivity index (χ4v) is 1.29. The Bertz CT molecular complexity index is 334. The molecule has 2 nitrogen and oxygen atoms in total. The molecule has 1 N–H and O–H groups in total. The molecular formula is C8H6Cl2O2. The summed E-state index contributed by atoms with van der Waals surface area (Å²) in [4.78, 5) is 10.9. The zero-order chi connectivity index (χ0) is 9.30. The minimum Gasteiger partial charge on any atom is -0.508 e. The van der Waals surface area contributed by atoms with Crippen molar-refractivity contribution >= 4 is 29.0 Å². The molecule has 1 aromatic rings. The van der Waals surface area contributed by atoms with Crippen LogP contribution in [-0.2, 0) is 0 Å². The Kier molecular flexibility index (Phi) is 2.60. The molecule has 1 aromatic carbocycles. The summed E-state index contributed by atoms with van der Waals surface area (Å²) in [6.45, 7) is 1.36. The third-order valence-electron chi connectivity index (χ3n) is 1.39. The van der Waals surface area contributed by atoms with Crippen molar-refractivity contribution in [2.24, 2.45) is 0 Å². The first-order valence-corrected chi connectivity index (χ1v) is 3.97. The number of carbonyl (C=O) groups is 1. The highest BCUT2D eigenvalue weighted by atomic mass is 35.5. The molecule has 0 amide bonds. The minimum atomic E-state index is -0.224. The van der Waals surface area contributed by atoms with Gasteiger partial charge in [-0.2, -0.15) is 0 Å². The molecule has 0 radical (unpaired) electrons. The number of Topliss-reactive ketones (excluding diaryl/α,β-unsaturated/α-hetero) is 1. The summed E-state index contributed by atoms with van der Waals surface area (Å²) >= 11 is 11.3. The van der Waals surface area contributed by atoms with Crippen molar-refractivity contribution in [3.8, 4) is 5.75 Å². The van der Waals surface area contributed by atoms with Gasteiger partial charge in [0, 0.05) is 11.6 Å². The van der Waals surface area contributed by atoms with E-state index in [1.165, 1.54) is 19.1 Å². The quantitative estimate of drug-likeness (QED) is 0.715. The molecule has 0 unspecified atom stereocenters. The van der Waals surface area contributed by atoms with Crippen molar-refractivity contribution in [3.05, 3.63) is 27.7 Å². The van der Waals surface area contributed by atoms with Gasteiger partial charge in [-0.1, -0.05) is 23.2 Å². The molecule has 4 heteroatoms. The average molecular weight is 205 g/mol. The zero-order valence-electron chi connectivity index (χ0n) is 6.27. The van der Waals surface area contributed by atoms with E-state index in [2.05, 4.69) is 0 Å². The molecule has 64 valence electrons. The lowest BCUT2D eigenvalue weighted by Gasteiger charge is -2.02. The number of carbonyl (C=O) groups excluding carboxylic acids is 1. The third-order valence-corrected chi connectivity index (χ3v) is 2.19. The standard InChI is InChI=1S/C8H6Cl2O2/c1-4(11)6-2-5(12)3-7(9)8(6)10/h2-3,12H,1H3. The van der Waals surface area contributed by atoms with E-state index in [0.717, 1.165) is 0 Å². The molecule has 0 aromatic heterocycles. The van der Waals surface area contributed by atoms with Crippen LogP contribution in [0.2, 0.25) is 10.0 Å². The van der Waals surface area contributed by atoms with Crippen molar-refractivity contribution < 1.29 is 9.90 Å². The third kappa shape index (κ3) is 1.71. The molecule has 1 rings (SSSR count). The SMILES string of the molecule is CC(=O)c1cc(O)cc(Cl)c1Cl. The molecule has 0 aliphatic rings. The second-order valence-corrected chi connectivity index (χ2v) is 3.13. The van der Waals surface area contributed by atoms with E-state index in [1.807, 2.05) is 0 Å². The average Bonchev–Trinajstić information content (AvgIpc) is 1.96. The molecule has 0 atom stereocenters. The van der Waals surface area contributed by atoms with Gasteiger partial charge in [-0.05, 0) is 13.0 Å². The van der Waals surface area contributed by atoms with Crippen molar-refractivity contribution in [3.63, 3.8) is 0 Å². The lowest BCUT2D eigenvalue weighted by Crippen LogP contribution is -1.93. The first-order valence-electron chi connectivity index (χ1n) is 3.21. The van der Waals surface area contributed by atoms with Gasteiger partial charge in [0.1, 0.15) is 5.75 Å². The van der Waals surface area contributed by atoms with Gasteiger partial charge in [0.25, 0.3) is 0 Å². The number of hydrogen-bond donors (Lipinski definition) is 1. The van der Waals surface area contributed by atoms with Gasteiger partial charge in [-0.25, -0.2) is 0 Å². The highest BCUT2D eigenvalue weighted by Crippen LogP contribution is 2.30. The highest BCUT2D eigenvalue weighted by molar-refractivity contribution is 6.44. The second-order valence-electron chi connectivity index (χ2n) is 2.35. The predicted molar refractivity (Wildman–Crippen MR) is 48.1 cm³/mol. The van der Waals surface area contributed by atoms with Crippen molar-refractivity contribution in [1.82, 2.24) is 0 Å². The van der Waals surface area contributed by atoms with Crippen molar-refractivity contribution in [1.29, 1.82) is 0 Å². The molecule has 12 heavy (non-hydrogen) atoms. The number of phenols is 1. The summed E-state index contributed by atoms with van der Waals surface area (Å²) in [7, 11) is 0. The summed E-state index contributed by atoms with van der Waals surface area (Å²) in [6.07, 6.45) is 0. The van der Waals surface area contributed by atoms with Crippen LogP contribution >= 0.6 is 23.2 Å². The number of phenolic OH excluding ortho intramolecular Hbond substituents is 1. The monoisotopic (exact) mass is 204 g/mol. The lowest BCUT2D eigenvalue weighted by molar-refractivity contribution is 0.101. The Hall–Kier alpha value is -0.730. The van der Waals surface area contributed by atoms with Crippen LogP contribution in [0.5, 0.6) is 5.75 Å². The van der Waals surface area contributed by atoms with E-state index in [0.29, 0.717) is 0 Å². The van der Waals surface area contributed by atoms with Gasteiger partial charge in [0.05, 0.1) is 10.0 Å². The summed E-state index contributed by atoms with van der Waals surface area (Å²) in [5.41, 5.74) is 0.238. The first-order chi connectivity index (χ1) is 5.52. The van der Waals surface area contributed by atoms with Gasteiger partial charge in [0.2, 0.25) is 0 Å². The van der Waals surface area contributed by atoms with Gasteiger partial charge < -0.3 is 5.11 Å².